The van der Waals surface area contributed by atoms with Crippen molar-refractivity contribution in [3.05, 3.63) is 29.8 Å². The van der Waals surface area contributed by atoms with Crippen LogP contribution < -0.4 is 10.5 Å². The van der Waals surface area contributed by atoms with Crippen LogP contribution in [0.2, 0.25) is 0 Å². The van der Waals surface area contributed by atoms with Gasteiger partial charge in [-0.3, -0.25) is 14.4 Å². The Labute approximate surface area is 132 Å². The molecule has 0 bridgehead atoms. The SMILES string of the molecule is C[C@H]1C[C@@]2(C[C@H](COc3ccccc3C(N)=O)OC2=O)C(=O)O1. The van der Waals surface area contributed by atoms with Crippen molar-refractivity contribution in [3.63, 3.8) is 0 Å². The number of benzene rings is 1. The third kappa shape index (κ3) is 2.62. The Bertz CT molecular complexity index is 672. The number of rotatable bonds is 4. The molecule has 2 fully saturated rings. The first kappa shape index (κ1) is 15.3. The number of hydrogen-bond donors (Lipinski definition) is 1. The maximum Gasteiger partial charge on any atom is 0.324 e. The highest BCUT2D eigenvalue weighted by atomic mass is 16.6. The van der Waals surface area contributed by atoms with Crippen molar-refractivity contribution in [1.29, 1.82) is 0 Å². The number of para-hydroxylation sites is 1. The molecule has 1 aromatic rings. The molecule has 0 radical (unpaired) electrons. The Kier molecular flexibility index (Phi) is 3.71. The van der Waals surface area contributed by atoms with E-state index in [2.05, 4.69) is 0 Å². The Hall–Kier alpha value is -2.57. The molecule has 7 nitrogen and oxygen atoms in total. The summed E-state index contributed by atoms with van der Waals surface area (Å²) in [4.78, 5) is 35.4. The summed E-state index contributed by atoms with van der Waals surface area (Å²) in [6.45, 7) is 1.78. The molecule has 2 saturated heterocycles. The molecule has 1 spiro atoms. The quantitative estimate of drug-likeness (QED) is 0.650. The van der Waals surface area contributed by atoms with Gasteiger partial charge < -0.3 is 19.9 Å². The average Bonchev–Trinajstić information content (AvgIpc) is 2.97. The molecule has 1 aromatic carbocycles. The lowest BCUT2D eigenvalue weighted by Gasteiger charge is -2.13. The molecular weight excluding hydrogens is 302 g/mol. The van der Waals surface area contributed by atoms with Gasteiger partial charge in [0.1, 0.15) is 24.6 Å². The predicted octanol–water partition coefficient (Wildman–Crippen LogP) is 0.802. The number of esters is 2. The molecular formula is C16H17NO6. The fraction of sp³-hybridized carbons (Fsp3) is 0.438. The normalized spacial score (nSPS) is 29.4. The molecule has 23 heavy (non-hydrogen) atoms. The number of primary amides is 1. The summed E-state index contributed by atoms with van der Waals surface area (Å²) < 4.78 is 15.9. The number of hydrogen-bond acceptors (Lipinski definition) is 6. The standard InChI is InChI=1S/C16H17NO6/c1-9-6-16(14(19)22-9)7-10(23-15(16)20)8-21-12-5-3-2-4-11(12)13(17)18/h2-5,9-10H,6-8H2,1H3,(H2,17,18)/t9-,10+,16+/m0/s1. The van der Waals surface area contributed by atoms with Gasteiger partial charge in [-0.1, -0.05) is 12.1 Å². The van der Waals surface area contributed by atoms with Crippen LogP contribution in [0.25, 0.3) is 0 Å². The summed E-state index contributed by atoms with van der Waals surface area (Å²) in [5.41, 5.74) is 4.32. The van der Waals surface area contributed by atoms with E-state index in [1.54, 1.807) is 31.2 Å². The summed E-state index contributed by atoms with van der Waals surface area (Å²) in [7, 11) is 0. The highest BCUT2D eigenvalue weighted by molar-refractivity contribution is 6.02. The van der Waals surface area contributed by atoms with Crippen LogP contribution in [0.15, 0.2) is 24.3 Å². The lowest BCUT2D eigenvalue weighted by atomic mass is 9.82. The van der Waals surface area contributed by atoms with Crippen LogP contribution in [0.1, 0.15) is 30.1 Å². The molecule has 7 heteroatoms. The van der Waals surface area contributed by atoms with Gasteiger partial charge in [-0.25, -0.2) is 0 Å². The zero-order valence-corrected chi connectivity index (χ0v) is 12.6. The molecule has 1 amide bonds. The zero-order chi connectivity index (χ0) is 16.6. The molecule has 0 aromatic heterocycles. The van der Waals surface area contributed by atoms with Crippen LogP contribution in [0.3, 0.4) is 0 Å². The van der Waals surface area contributed by atoms with E-state index >= 15 is 0 Å². The van der Waals surface area contributed by atoms with E-state index in [0.717, 1.165) is 0 Å². The lowest BCUT2D eigenvalue weighted by molar-refractivity contribution is -0.158. The van der Waals surface area contributed by atoms with Crippen molar-refractivity contribution in [3.8, 4) is 5.75 Å². The largest absolute Gasteiger partial charge is 0.489 e. The molecule has 0 saturated carbocycles. The smallest absolute Gasteiger partial charge is 0.324 e. The fourth-order valence-electron chi connectivity index (χ4n) is 3.09. The van der Waals surface area contributed by atoms with Crippen LogP contribution in [0.5, 0.6) is 5.75 Å². The van der Waals surface area contributed by atoms with Gasteiger partial charge in [0, 0.05) is 12.8 Å². The van der Waals surface area contributed by atoms with Crippen molar-refractivity contribution in [2.45, 2.75) is 32.0 Å². The second-order valence-corrected chi connectivity index (χ2v) is 5.91. The monoisotopic (exact) mass is 319 g/mol. The zero-order valence-electron chi connectivity index (χ0n) is 12.6. The maximum absolute atomic E-state index is 12.1. The third-order valence-corrected chi connectivity index (χ3v) is 4.15. The van der Waals surface area contributed by atoms with E-state index < -0.39 is 29.4 Å². The van der Waals surface area contributed by atoms with E-state index in [1.165, 1.54) is 0 Å². The highest BCUT2D eigenvalue weighted by Gasteiger charge is 2.60. The summed E-state index contributed by atoms with van der Waals surface area (Å²) in [5.74, 6) is -1.38. The summed E-state index contributed by atoms with van der Waals surface area (Å²) in [5, 5.41) is 0. The predicted molar refractivity (Wildman–Crippen MR) is 77.6 cm³/mol. The minimum atomic E-state index is -1.21. The van der Waals surface area contributed by atoms with Gasteiger partial charge in [0.2, 0.25) is 0 Å². The number of cyclic esters (lactones) is 2. The first-order valence-corrected chi connectivity index (χ1v) is 7.36. The van der Waals surface area contributed by atoms with E-state index in [4.69, 9.17) is 19.9 Å². The number of nitrogens with two attached hydrogens (primary N) is 1. The van der Waals surface area contributed by atoms with E-state index in [9.17, 15) is 14.4 Å². The first-order chi connectivity index (χ1) is 10.9. The van der Waals surface area contributed by atoms with Gasteiger partial charge in [0.25, 0.3) is 5.91 Å². The molecule has 0 unspecified atom stereocenters. The van der Waals surface area contributed by atoms with Crippen LogP contribution >= 0.6 is 0 Å². The molecule has 2 N–H and O–H groups in total. The van der Waals surface area contributed by atoms with E-state index in [0.29, 0.717) is 12.2 Å². The maximum atomic E-state index is 12.1. The van der Waals surface area contributed by atoms with Crippen LogP contribution in [0, 0.1) is 5.41 Å². The highest BCUT2D eigenvalue weighted by Crippen LogP contribution is 2.44. The van der Waals surface area contributed by atoms with Gasteiger partial charge in [-0.05, 0) is 19.1 Å². The van der Waals surface area contributed by atoms with Crippen molar-refractivity contribution >= 4 is 17.8 Å². The summed E-state index contributed by atoms with van der Waals surface area (Å²) >= 11 is 0. The Morgan fingerprint density at radius 2 is 1.96 bits per heavy atom. The van der Waals surface area contributed by atoms with Crippen LogP contribution in [-0.2, 0) is 19.1 Å². The van der Waals surface area contributed by atoms with Crippen molar-refractivity contribution in [1.82, 2.24) is 0 Å². The van der Waals surface area contributed by atoms with Crippen LogP contribution in [0.4, 0.5) is 0 Å². The topological polar surface area (TPSA) is 105 Å². The number of amides is 1. The second kappa shape index (κ2) is 5.57. The summed E-state index contributed by atoms with van der Waals surface area (Å²) in [6, 6.07) is 6.54. The number of carbonyl (C=O) groups is 3. The molecule has 122 valence electrons. The van der Waals surface area contributed by atoms with Gasteiger partial charge in [-0.15, -0.1) is 0 Å². The van der Waals surface area contributed by atoms with Crippen molar-refractivity contribution in [2.24, 2.45) is 11.1 Å². The van der Waals surface area contributed by atoms with E-state index in [-0.39, 0.29) is 24.7 Å². The molecule has 3 atom stereocenters. The Morgan fingerprint density at radius 3 is 2.61 bits per heavy atom. The van der Waals surface area contributed by atoms with Gasteiger partial charge in [0.15, 0.2) is 5.41 Å². The minimum absolute atomic E-state index is 0.0411. The number of ether oxygens (including phenoxy) is 3. The Morgan fingerprint density at radius 1 is 1.26 bits per heavy atom. The van der Waals surface area contributed by atoms with E-state index in [1.807, 2.05) is 0 Å². The lowest BCUT2D eigenvalue weighted by Crippen LogP contribution is -2.31. The van der Waals surface area contributed by atoms with Gasteiger partial charge >= 0.3 is 11.9 Å². The molecule has 2 aliphatic heterocycles. The van der Waals surface area contributed by atoms with Crippen molar-refractivity contribution in [2.75, 3.05) is 6.61 Å². The fourth-order valence-corrected chi connectivity index (χ4v) is 3.09. The second-order valence-electron chi connectivity index (χ2n) is 5.91. The third-order valence-electron chi connectivity index (χ3n) is 4.15. The van der Waals surface area contributed by atoms with Crippen LogP contribution in [-0.4, -0.2) is 36.7 Å². The average molecular weight is 319 g/mol. The molecule has 3 rings (SSSR count). The number of carbonyl (C=O) groups excluding carboxylic acids is 3. The van der Waals surface area contributed by atoms with Gasteiger partial charge in [-0.2, -0.15) is 0 Å². The molecule has 2 aliphatic rings. The van der Waals surface area contributed by atoms with Gasteiger partial charge in [0.05, 0.1) is 5.56 Å². The summed E-state index contributed by atoms with van der Waals surface area (Å²) in [6.07, 6.45) is -0.334. The molecule has 0 aliphatic carbocycles. The molecule has 2 heterocycles. The Balaban J connectivity index is 1.68. The first-order valence-electron chi connectivity index (χ1n) is 7.36. The minimum Gasteiger partial charge on any atom is -0.489 e. The van der Waals surface area contributed by atoms with Crippen molar-refractivity contribution < 1.29 is 28.6 Å².